The molecule has 2 aromatic carbocycles. The molecule has 0 fully saturated rings. The first-order valence-corrected chi connectivity index (χ1v) is 7.61. The molecule has 0 saturated carbocycles. The van der Waals surface area contributed by atoms with Crippen molar-refractivity contribution in [3.05, 3.63) is 76.3 Å². The third kappa shape index (κ3) is 3.81. The summed E-state index contributed by atoms with van der Waals surface area (Å²) in [4.78, 5) is 22.5. The summed E-state index contributed by atoms with van der Waals surface area (Å²) in [6.45, 7) is 0. The van der Waals surface area contributed by atoms with Crippen LogP contribution >= 0.6 is 0 Å². The van der Waals surface area contributed by atoms with Gasteiger partial charge in [0.15, 0.2) is 0 Å². The SMILES string of the molecule is COc1ccc(-c2cccc(NC(=O)c3ccc([N+](=O)[O-])cc3)c2)nn1. The Labute approximate surface area is 148 Å². The summed E-state index contributed by atoms with van der Waals surface area (Å²) in [7, 11) is 1.51. The molecule has 26 heavy (non-hydrogen) atoms. The summed E-state index contributed by atoms with van der Waals surface area (Å²) >= 11 is 0. The number of rotatable bonds is 5. The van der Waals surface area contributed by atoms with Crippen molar-refractivity contribution in [3.63, 3.8) is 0 Å². The van der Waals surface area contributed by atoms with E-state index in [1.165, 1.54) is 31.4 Å². The summed E-state index contributed by atoms with van der Waals surface area (Å²) in [6.07, 6.45) is 0. The zero-order chi connectivity index (χ0) is 18.5. The zero-order valence-electron chi connectivity index (χ0n) is 13.7. The van der Waals surface area contributed by atoms with Crippen LogP contribution in [0.1, 0.15) is 10.4 Å². The standard InChI is InChI=1S/C18H14N4O4/c1-26-17-10-9-16(20-21-17)13-3-2-4-14(11-13)19-18(23)12-5-7-15(8-6-12)22(24)25/h2-11H,1H3,(H,19,23). The Morgan fingerprint density at radius 3 is 2.46 bits per heavy atom. The van der Waals surface area contributed by atoms with Crippen molar-refractivity contribution in [2.45, 2.75) is 0 Å². The zero-order valence-corrected chi connectivity index (χ0v) is 13.7. The van der Waals surface area contributed by atoms with Crippen LogP contribution in [0.4, 0.5) is 11.4 Å². The summed E-state index contributed by atoms with van der Waals surface area (Å²) in [5.41, 5.74) is 2.24. The molecule has 0 aliphatic rings. The van der Waals surface area contributed by atoms with E-state index in [4.69, 9.17) is 4.74 Å². The number of nitro benzene ring substituents is 1. The van der Waals surface area contributed by atoms with Gasteiger partial charge in [0.1, 0.15) is 0 Å². The van der Waals surface area contributed by atoms with E-state index in [0.29, 0.717) is 22.8 Å². The number of nitrogens with one attached hydrogen (secondary N) is 1. The predicted molar refractivity (Wildman–Crippen MR) is 95.1 cm³/mol. The molecule has 130 valence electrons. The van der Waals surface area contributed by atoms with Crippen LogP contribution in [-0.4, -0.2) is 28.1 Å². The van der Waals surface area contributed by atoms with Crippen molar-refractivity contribution in [1.29, 1.82) is 0 Å². The van der Waals surface area contributed by atoms with Crippen LogP contribution in [0.2, 0.25) is 0 Å². The molecule has 0 bridgehead atoms. The molecule has 0 unspecified atom stereocenters. The van der Waals surface area contributed by atoms with Gasteiger partial charge in [-0.3, -0.25) is 14.9 Å². The Kier molecular flexibility index (Phi) is 4.84. The molecule has 0 aliphatic heterocycles. The largest absolute Gasteiger partial charge is 0.480 e. The quantitative estimate of drug-likeness (QED) is 0.559. The summed E-state index contributed by atoms with van der Waals surface area (Å²) in [6, 6.07) is 16.0. The number of non-ortho nitro benzene ring substituents is 1. The van der Waals surface area contributed by atoms with Crippen LogP contribution in [0.5, 0.6) is 5.88 Å². The highest BCUT2D eigenvalue weighted by Crippen LogP contribution is 2.22. The van der Waals surface area contributed by atoms with Gasteiger partial charge in [0.2, 0.25) is 5.88 Å². The van der Waals surface area contributed by atoms with Crippen LogP contribution in [0.3, 0.4) is 0 Å². The minimum Gasteiger partial charge on any atom is -0.480 e. The highest BCUT2D eigenvalue weighted by Gasteiger charge is 2.10. The minimum atomic E-state index is -0.513. The van der Waals surface area contributed by atoms with Crippen LogP contribution in [0.15, 0.2) is 60.7 Å². The summed E-state index contributed by atoms with van der Waals surface area (Å²) < 4.78 is 4.98. The third-order valence-corrected chi connectivity index (χ3v) is 3.61. The first-order valence-electron chi connectivity index (χ1n) is 7.61. The van der Waals surface area contributed by atoms with E-state index in [-0.39, 0.29) is 11.6 Å². The van der Waals surface area contributed by atoms with E-state index < -0.39 is 4.92 Å². The Balaban J connectivity index is 1.77. The molecule has 8 heteroatoms. The second kappa shape index (κ2) is 7.39. The second-order valence-corrected chi connectivity index (χ2v) is 5.30. The molecule has 0 spiro atoms. The normalized spacial score (nSPS) is 10.2. The van der Waals surface area contributed by atoms with Gasteiger partial charge in [0.05, 0.1) is 17.7 Å². The molecule has 1 heterocycles. The van der Waals surface area contributed by atoms with Gasteiger partial charge >= 0.3 is 0 Å². The molecule has 0 atom stereocenters. The smallest absolute Gasteiger partial charge is 0.269 e. The molecular weight excluding hydrogens is 336 g/mol. The molecule has 1 aromatic heterocycles. The lowest BCUT2D eigenvalue weighted by Crippen LogP contribution is -2.11. The molecule has 1 N–H and O–H groups in total. The van der Waals surface area contributed by atoms with Gasteiger partial charge in [-0.2, -0.15) is 0 Å². The average Bonchev–Trinajstić information content (AvgIpc) is 2.68. The van der Waals surface area contributed by atoms with E-state index in [2.05, 4.69) is 15.5 Å². The van der Waals surface area contributed by atoms with Gasteiger partial charge in [-0.1, -0.05) is 12.1 Å². The molecular formula is C18H14N4O4. The Morgan fingerprint density at radius 2 is 1.85 bits per heavy atom. The van der Waals surface area contributed by atoms with Crippen LogP contribution < -0.4 is 10.1 Å². The lowest BCUT2D eigenvalue weighted by Gasteiger charge is -2.07. The fourth-order valence-corrected chi connectivity index (χ4v) is 2.28. The van der Waals surface area contributed by atoms with Crippen molar-refractivity contribution in [2.75, 3.05) is 12.4 Å². The fourth-order valence-electron chi connectivity index (χ4n) is 2.28. The Hall–Kier alpha value is -3.81. The molecule has 3 aromatic rings. The highest BCUT2D eigenvalue weighted by atomic mass is 16.6. The molecule has 3 rings (SSSR count). The van der Waals surface area contributed by atoms with Crippen molar-refractivity contribution in [3.8, 4) is 17.1 Å². The molecule has 1 amide bonds. The number of methoxy groups -OCH3 is 1. The van der Waals surface area contributed by atoms with E-state index in [1.54, 1.807) is 30.3 Å². The van der Waals surface area contributed by atoms with Crippen LogP contribution in [0, 0.1) is 10.1 Å². The number of hydrogen-bond donors (Lipinski definition) is 1. The number of amides is 1. The molecule has 0 radical (unpaired) electrons. The fraction of sp³-hybridized carbons (Fsp3) is 0.0556. The van der Waals surface area contributed by atoms with Gasteiger partial charge in [0, 0.05) is 35.0 Å². The molecule has 0 aliphatic carbocycles. The molecule has 8 nitrogen and oxygen atoms in total. The summed E-state index contributed by atoms with van der Waals surface area (Å²) in [5, 5.41) is 21.4. The van der Waals surface area contributed by atoms with Gasteiger partial charge in [-0.25, -0.2) is 0 Å². The minimum absolute atomic E-state index is 0.0679. The number of ether oxygens (including phenoxy) is 1. The predicted octanol–water partition coefficient (Wildman–Crippen LogP) is 3.31. The average molecular weight is 350 g/mol. The monoisotopic (exact) mass is 350 g/mol. The number of hydrogen-bond acceptors (Lipinski definition) is 6. The van der Waals surface area contributed by atoms with E-state index in [9.17, 15) is 14.9 Å². The van der Waals surface area contributed by atoms with E-state index >= 15 is 0 Å². The van der Waals surface area contributed by atoms with Crippen molar-refractivity contribution >= 4 is 17.3 Å². The third-order valence-electron chi connectivity index (χ3n) is 3.61. The number of benzene rings is 2. The number of anilines is 1. The Bertz CT molecular complexity index is 940. The van der Waals surface area contributed by atoms with E-state index in [0.717, 1.165) is 5.56 Å². The number of nitrogens with zero attached hydrogens (tertiary/aromatic N) is 3. The maximum absolute atomic E-state index is 12.3. The number of carbonyl (C=O) groups is 1. The molecule has 0 saturated heterocycles. The van der Waals surface area contributed by atoms with Gasteiger partial charge in [0.25, 0.3) is 11.6 Å². The lowest BCUT2D eigenvalue weighted by molar-refractivity contribution is -0.384. The van der Waals surface area contributed by atoms with Crippen LogP contribution in [0.25, 0.3) is 11.3 Å². The maximum Gasteiger partial charge on any atom is 0.269 e. The van der Waals surface area contributed by atoms with E-state index in [1.807, 2.05) is 6.07 Å². The second-order valence-electron chi connectivity index (χ2n) is 5.30. The van der Waals surface area contributed by atoms with Gasteiger partial charge in [-0.05, 0) is 30.3 Å². The number of aromatic nitrogens is 2. The topological polar surface area (TPSA) is 107 Å². The van der Waals surface area contributed by atoms with Gasteiger partial charge in [-0.15, -0.1) is 10.2 Å². The maximum atomic E-state index is 12.3. The van der Waals surface area contributed by atoms with Crippen LogP contribution in [-0.2, 0) is 0 Å². The lowest BCUT2D eigenvalue weighted by atomic mass is 10.1. The van der Waals surface area contributed by atoms with Crippen molar-refractivity contribution in [1.82, 2.24) is 10.2 Å². The first kappa shape index (κ1) is 17.0. The summed E-state index contributed by atoms with van der Waals surface area (Å²) in [5.74, 6) is 0.0502. The Morgan fingerprint density at radius 1 is 1.08 bits per heavy atom. The first-order chi connectivity index (χ1) is 12.6. The number of nitro groups is 1. The highest BCUT2D eigenvalue weighted by molar-refractivity contribution is 6.04. The van der Waals surface area contributed by atoms with Gasteiger partial charge < -0.3 is 10.1 Å². The van der Waals surface area contributed by atoms with Crippen molar-refractivity contribution in [2.24, 2.45) is 0 Å². The number of carbonyl (C=O) groups excluding carboxylic acids is 1. The van der Waals surface area contributed by atoms with Crippen molar-refractivity contribution < 1.29 is 14.5 Å².